The van der Waals surface area contributed by atoms with E-state index in [0.29, 0.717) is 12.1 Å². The van der Waals surface area contributed by atoms with Crippen LogP contribution in [-0.2, 0) is 4.79 Å². The predicted octanol–water partition coefficient (Wildman–Crippen LogP) is 3.57. The van der Waals surface area contributed by atoms with Crippen LogP contribution in [0.5, 0.6) is 0 Å². The van der Waals surface area contributed by atoms with Gasteiger partial charge in [0.25, 0.3) is 0 Å². The van der Waals surface area contributed by atoms with E-state index in [2.05, 4.69) is 5.32 Å². The molecule has 0 unspecified atom stereocenters. The second-order valence-electron chi connectivity index (χ2n) is 4.98. The summed E-state index contributed by atoms with van der Waals surface area (Å²) in [6.07, 6.45) is 0.235. The molecule has 0 saturated carbocycles. The number of hydrogen-bond donors (Lipinski definition) is 2. The molecular weight excluding hydrogens is 308 g/mol. The fourth-order valence-electron chi connectivity index (χ4n) is 1.95. The van der Waals surface area contributed by atoms with Crippen molar-refractivity contribution >= 4 is 29.2 Å². The average molecular weight is 326 g/mol. The van der Waals surface area contributed by atoms with Crippen LogP contribution in [0.4, 0.5) is 0 Å². The highest BCUT2D eigenvalue weighted by molar-refractivity contribution is 7.99. The molecule has 2 aromatic carbocycles. The summed E-state index contributed by atoms with van der Waals surface area (Å²) in [5, 5.41) is 10.4. The molecule has 0 fully saturated rings. The molecule has 0 aliphatic rings. The topological polar surface area (TPSA) is 70.0 Å². The van der Waals surface area contributed by atoms with E-state index in [1.807, 2.05) is 42.5 Å². The average Bonchev–Trinajstić information content (AvgIpc) is 2.55. The lowest BCUT2D eigenvalue weighted by Gasteiger charge is -2.06. The highest BCUT2D eigenvalue weighted by atomic mass is 32.2. The lowest BCUT2D eigenvalue weighted by Crippen LogP contribution is -2.25. The van der Waals surface area contributed by atoms with E-state index < -0.39 is 0 Å². The molecule has 23 heavy (non-hydrogen) atoms. The molecule has 1 amide bonds. The van der Waals surface area contributed by atoms with Crippen molar-refractivity contribution in [3.8, 4) is 0 Å². The zero-order chi connectivity index (χ0) is 16.7. The van der Waals surface area contributed by atoms with Crippen molar-refractivity contribution in [3.63, 3.8) is 0 Å². The summed E-state index contributed by atoms with van der Waals surface area (Å²) in [4.78, 5) is 25.1. The van der Waals surface area contributed by atoms with Crippen LogP contribution in [-0.4, -0.2) is 23.9 Å². The van der Waals surface area contributed by atoms with E-state index in [0.717, 1.165) is 9.79 Å². The first-order valence-electron chi connectivity index (χ1n) is 7.26. The van der Waals surface area contributed by atoms with Crippen molar-refractivity contribution < 1.29 is 9.59 Å². The minimum absolute atomic E-state index is 0.00205. The highest BCUT2D eigenvalue weighted by Crippen LogP contribution is 2.27. The van der Waals surface area contributed by atoms with Gasteiger partial charge in [0.2, 0.25) is 11.7 Å². The molecule has 0 bridgehead atoms. The number of nitrogens with one attached hydrogen (secondary N) is 2. The fourth-order valence-corrected chi connectivity index (χ4v) is 2.79. The molecular formula is C18H18N2O2S. The van der Waals surface area contributed by atoms with Gasteiger partial charge < -0.3 is 10.7 Å². The Morgan fingerprint density at radius 2 is 1.61 bits per heavy atom. The Bertz CT molecular complexity index is 697. The summed E-state index contributed by atoms with van der Waals surface area (Å²) in [5.41, 5.74) is 0.498. The maximum Gasteiger partial charge on any atom is 0.216 e. The molecule has 0 spiro atoms. The van der Waals surface area contributed by atoms with Gasteiger partial charge in [0.15, 0.2) is 0 Å². The zero-order valence-corrected chi connectivity index (χ0v) is 13.7. The molecule has 0 aliphatic carbocycles. The van der Waals surface area contributed by atoms with Gasteiger partial charge in [-0.2, -0.15) is 0 Å². The van der Waals surface area contributed by atoms with Crippen LogP contribution in [0.1, 0.15) is 23.7 Å². The van der Waals surface area contributed by atoms with Crippen LogP contribution in [0.3, 0.4) is 0 Å². The predicted molar refractivity (Wildman–Crippen MR) is 92.4 cm³/mol. The number of ketones is 1. The second-order valence-corrected chi connectivity index (χ2v) is 6.13. The van der Waals surface area contributed by atoms with Crippen molar-refractivity contribution in [3.05, 3.63) is 60.2 Å². The van der Waals surface area contributed by atoms with E-state index in [4.69, 9.17) is 5.41 Å². The fraction of sp³-hybridized carbons (Fsp3) is 0.167. The van der Waals surface area contributed by atoms with Crippen LogP contribution in [0, 0.1) is 5.41 Å². The normalized spacial score (nSPS) is 10.1. The lowest BCUT2D eigenvalue weighted by atomic mass is 10.1. The number of carbonyl (C=O) groups is 2. The molecule has 2 N–H and O–H groups in total. The van der Waals surface area contributed by atoms with Gasteiger partial charge in [0, 0.05) is 35.2 Å². The van der Waals surface area contributed by atoms with Crippen molar-refractivity contribution in [2.75, 3.05) is 6.54 Å². The second kappa shape index (κ2) is 8.29. The standard InChI is InChI=1S/C18H18N2O2S/c1-13(21)20-12-11-17(19)18(22)14-7-9-16(10-8-14)23-15-5-3-2-4-6-15/h2-10,19H,11-12H2,1H3,(H,20,21). The molecule has 0 aromatic heterocycles. The molecule has 2 aromatic rings. The van der Waals surface area contributed by atoms with E-state index in [1.54, 1.807) is 23.9 Å². The first-order chi connectivity index (χ1) is 11.1. The number of carbonyl (C=O) groups excluding carboxylic acids is 2. The Hall–Kier alpha value is -2.40. The number of Topliss-reactive ketones (excluding diaryl/α,β-unsaturated/α-hetero) is 1. The van der Waals surface area contributed by atoms with Gasteiger partial charge in [-0.3, -0.25) is 9.59 Å². The Kier molecular flexibility index (Phi) is 6.11. The zero-order valence-electron chi connectivity index (χ0n) is 12.8. The molecule has 0 heterocycles. The molecule has 118 valence electrons. The Morgan fingerprint density at radius 3 is 2.22 bits per heavy atom. The van der Waals surface area contributed by atoms with E-state index in [9.17, 15) is 9.59 Å². The maximum atomic E-state index is 12.1. The van der Waals surface area contributed by atoms with Crippen molar-refractivity contribution in [1.29, 1.82) is 5.41 Å². The number of hydrogen-bond acceptors (Lipinski definition) is 4. The first-order valence-corrected chi connectivity index (χ1v) is 8.07. The van der Waals surface area contributed by atoms with Gasteiger partial charge in [-0.25, -0.2) is 0 Å². The summed E-state index contributed by atoms with van der Waals surface area (Å²) < 4.78 is 0. The van der Waals surface area contributed by atoms with Crippen molar-refractivity contribution in [2.24, 2.45) is 0 Å². The van der Waals surface area contributed by atoms with Crippen LogP contribution < -0.4 is 5.32 Å². The largest absolute Gasteiger partial charge is 0.356 e. The Balaban J connectivity index is 1.94. The van der Waals surface area contributed by atoms with E-state index in [-0.39, 0.29) is 23.8 Å². The van der Waals surface area contributed by atoms with E-state index in [1.165, 1.54) is 6.92 Å². The van der Waals surface area contributed by atoms with Crippen molar-refractivity contribution in [1.82, 2.24) is 5.32 Å². The minimum atomic E-state index is -0.299. The smallest absolute Gasteiger partial charge is 0.216 e. The number of benzene rings is 2. The summed E-state index contributed by atoms with van der Waals surface area (Å²) in [5.74, 6) is -0.459. The number of amides is 1. The molecule has 0 radical (unpaired) electrons. The maximum absolute atomic E-state index is 12.1. The Labute approximate surface area is 139 Å². The SMILES string of the molecule is CC(=O)NCCC(=N)C(=O)c1ccc(Sc2ccccc2)cc1. The third kappa shape index (κ3) is 5.38. The first kappa shape index (κ1) is 17.0. The van der Waals surface area contributed by atoms with Gasteiger partial charge in [0.1, 0.15) is 0 Å². The minimum Gasteiger partial charge on any atom is -0.356 e. The summed E-state index contributed by atoms with van der Waals surface area (Å²) in [6.45, 7) is 1.72. The molecule has 0 atom stereocenters. The molecule has 2 rings (SSSR count). The van der Waals surface area contributed by atoms with E-state index >= 15 is 0 Å². The van der Waals surface area contributed by atoms with Gasteiger partial charge in [-0.15, -0.1) is 0 Å². The molecule has 0 saturated heterocycles. The van der Waals surface area contributed by atoms with Crippen LogP contribution >= 0.6 is 11.8 Å². The third-order valence-electron chi connectivity index (χ3n) is 3.12. The van der Waals surface area contributed by atoms with Gasteiger partial charge >= 0.3 is 0 Å². The summed E-state index contributed by atoms with van der Waals surface area (Å²) in [7, 11) is 0. The monoisotopic (exact) mass is 326 g/mol. The van der Waals surface area contributed by atoms with Crippen LogP contribution in [0.2, 0.25) is 0 Å². The molecule has 0 aliphatic heterocycles. The third-order valence-corrected chi connectivity index (χ3v) is 4.13. The highest BCUT2D eigenvalue weighted by Gasteiger charge is 2.12. The molecule has 5 heteroatoms. The van der Waals surface area contributed by atoms with Crippen molar-refractivity contribution in [2.45, 2.75) is 23.1 Å². The van der Waals surface area contributed by atoms with Gasteiger partial charge in [0.05, 0.1) is 5.71 Å². The Morgan fingerprint density at radius 1 is 1.00 bits per heavy atom. The molecule has 4 nitrogen and oxygen atoms in total. The number of rotatable bonds is 7. The van der Waals surface area contributed by atoms with Crippen LogP contribution in [0.25, 0.3) is 0 Å². The summed E-state index contributed by atoms with van der Waals surface area (Å²) in [6, 6.07) is 17.2. The summed E-state index contributed by atoms with van der Waals surface area (Å²) >= 11 is 1.62. The van der Waals surface area contributed by atoms with Gasteiger partial charge in [-0.1, -0.05) is 30.0 Å². The quantitative estimate of drug-likeness (QED) is 0.603. The lowest BCUT2D eigenvalue weighted by molar-refractivity contribution is -0.118. The van der Waals surface area contributed by atoms with Gasteiger partial charge in [-0.05, 0) is 36.4 Å². The van der Waals surface area contributed by atoms with Crippen LogP contribution in [0.15, 0.2) is 64.4 Å².